The van der Waals surface area contributed by atoms with Crippen LogP contribution in [0.5, 0.6) is 0 Å². The Labute approximate surface area is 191 Å². The molecule has 1 aliphatic heterocycles. The fourth-order valence-corrected chi connectivity index (χ4v) is 3.94. The van der Waals surface area contributed by atoms with E-state index >= 15 is 0 Å². The number of benzene rings is 1. The molecule has 2 rings (SSSR count). The summed E-state index contributed by atoms with van der Waals surface area (Å²) in [5.74, 6) is -0.312. The molecule has 1 heterocycles. The van der Waals surface area contributed by atoms with Gasteiger partial charge >= 0.3 is 6.03 Å². The predicted octanol–water partition coefficient (Wildman–Crippen LogP) is 1.68. The molecule has 1 fully saturated rings. The summed E-state index contributed by atoms with van der Waals surface area (Å²) in [6.45, 7) is 8.88. The third-order valence-corrected chi connectivity index (χ3v) is 5.54. The van der Waals surface area contributed by atoms with E-state index < -0.39 is 18.2 Å². The highest BCUT2D eigenvalue weighted by atomic mass is 16.3. The molecular weight excluding hydrogens is 408 g/mol. The monoisotopic (exact) mass is 446 g/mol. The minimum absolute atomic E-state index is 0.0415. The summed E-state index contributed by atoms with van der Waals surface area (Å²) >= 11 is 0. The van der Waals surface area contributed by atoms with Crippen LogP contribution in [0.3, 0.4) is 0 Å². The van der Waals surface area contributed by atoms with Gasteiger partial charge < -0.3 is 26.0 Å². The molecule has 0 unspecified atom stereocenters. The van der Waals surface area contributed by atoms with Gasteiger partial charge in [0.05, 0.1) is 12.1 Å². The normalized spacial score (nSPS) is 17.0. The molecule has 1 aliphatic rings. The third-order valence-electron chi connectivity index (χ3n) is 5.54. The summed E-state index contributed by atoms with van der Waals surface area (Å²) in [5, 5.41) is 19.4. The maximum Gasteiger partial charge on any atom is 0.318 e. The highest BCUT2D eigenvalue weighted by Gasteiger charge is 2.35. The molecule has 32 heavy (non-hydrogen) atoms. The van der Waals surface area contributed by atoms with E-state index in [1.807, 2.05) is 58.0 Å². The number of nitrogens with one attached hydrogen (secondary N) is 3. The Kier molecular flexibility index (Phi) is 9.97. The molecule has 178 valence electrons. The van der Waals surface area contributed by atoms with Crippen molar-refractivity contribution in [1.29, 1.82) is 0 Å². The number of aliphatic hydroxyl groups is 1. The zero-order valence-corrected chi connectivity index (χ0v) is 19.6. The highest BCUT2D eigenvalue weighted by Crippen LogP contribution is 2.16. The van der Waals surface area contributed by atoms with Crippen molar-refractivity contribution in [2.75, 3.05) is 19.6 Å². The summed E-state index contributed by atoms with van der Waals surface area (Å²) in [4.78, 5) is 39.3. The van der Waals surface area contributed by atoms with Crippen LogP contribution in [0.1, 0.15) is 46.1 Å². The molecule has 1 saturated heterocycles. The van der Waals surface area contributed by atoms with Crippen molar-refractivity contribution in [3.05, 3.63) is 35.9 Å². The quantitative estimate of drug-likeness (QED) is 0.414. The number of hydrogen-bond donors (Lipinski definition) is 4. The van der Waals surface area contributed by atoms with Crippen molar-refractivity contribution in [3.8, 4) is 0 Å². The number of urea groups is 1. The Morgan fingerprint density at radius 2 is 1.84 bits per heavy atom. The van der Waals surface area contributed by atoms with E-state index in [2.05, 4.69) is 16.0 Å². The SMILES string of the molecule is CC(C)CC(=O)NC[C@H](O)[C@H](Cc1ccccc1)NC(=O)[C@H](C(C)C)N1CCCNC1=O. The average molecular weight is 447 g/mol. The summed E-state index contributed by atoms with van der Waals surface area (Å²) < 4.78 is 0. The predicted molar refractivity (Wildman–Crippen MR) is 124 cm³/mol. The molecule has 4 amide bonds. The zero-order valence-electron chi connectivity index (χ0n) is 19.6. The molecule has 0 spiro atoms. The third kappa shape index (κ3) is 7.82. The van der Waals surface area contributed by atoms with Crippen LogP contribution in [0.25, 0.3) is 0 Å². The summed E-state index contributed by atoms with van der Waals surface area (Å²) in [6.07, 6.45) is 0.589. The lowest BCUT2D eigenvalue weighted by molar-refractivity contribution is -0.128. The van der Waals surface area contributed by atoms with Gasteiger partial charge in [-0.1, -0.05) is 58.0 Å². The van der Waals surface area contributed by atoms with Gasteiger partial charge in [-0.25, -0.2) is 4.79 Å². The maximum atomic E-state index is 13.3. The largest absolute Gasteiger partial charge is 0.389 e. The van der Waals surface area contributed by atoms with Gasteiger partial charge in [0.15, 0.2) is 0 Å². The Hall–Kier alpha value is -2.61. The molecule has 0 radical (unpaired) electrons. The second-order valence-electron chi connectivity index (χ2n) is 9.24. The lowest BCUT2D eigenvalue weighted by Crippen LogP contribution is -2.60. The number of hydrogen-bond acceptors (Lipinski definition) is 4. The second kappa shape index (κ2) is 12.4. The number of carbonyl (C=O) groups is 3. The van der Waals surface area contributed by atoms with Crippen LogP contribution >= 0.6 is 0 Å². The Balaban J connectivity index is 2.13. The minimum Gasteiger partial charge on any atom is -0.389 e. The van der Waals surface area contributed by atoms with E-state index in [1.54, 1.807) is 4.90 Å². The standard InChI is InChI=1S/C24H38N4O4/c1-16(2)13-21(30)26-15-20(29)19(14-18-9-6-5-7-10-18)27-23(31)22(17(3)4)28-12-8-11-25-24(28)32/h5-7,9-10,16-17,19-20,22,29H,8,11-15H2,1-4H3,(H,25,32)(H,26,30)(H,27,31)/t19-,20-,22-/m0/s1. The molecular formula is C24H38N4O4. The van der Waals surface area contributed by atoms with E-state index in [9.17, 15) is 19.5 Å². The molecule has 4 N–H and O–H groups in total. The van der Waals surface area contributed by atoms with Gasteiger partial charge in [0.2, 0.25) is 11.8 Å². The number of nitrogens with zero attached hydrogens (tertiary/aromatic N) is 1. The van der Waals surface area contributed by atoms with Crippen LogP contribution in [0.2, 0.25) is 0 Å². The molecule has 0 bridgehead atoms. The number of aliphatic hydroxyl groups excluding tert-OH is 1. The van der Waals surface area contributed by atoms with Crippen LogP contribution in [0, 0.1) is 11.8 Å². The molecule has 0 aliphatic carbocycles. The molecule has 1 aromatic rings. The smallest absolute Gasteiger partial charge is 0.318 e. The van der Waals surface area contributed by atoms with Gasteiger partial charge in [0, 0.05) is 26.1 Å². The van der Waals surface area contributed by atoms with E-state index in [-0.39, 0.29) is 36.2 Å². The van der Waals surface area contributed by atoms with Crippen molar-refractivity contribution in [3.63, 3.8) is 0 Å². The van der Waals surface area contributed by atoms with E-state index in [4.69, 9.17) is 0 Å². The second-order valence-corrected chi connectivity index (χ2v) is 9.24. The zero-order chi connectivity index (χ0) is 23.7. The van der Waals surface area contributed by atoms with Gasteiger partial charge in [0.25, 0.3) is 0 Å². The molecule has 0 saturated carbocycles. The van der Waals surface area contributed by atoms with Crippen molar-refractivity contribution < 1.29 is 19.5 Å². The van der Waals surface area contributed by atoms with Gasteiger partial charge in [-0.2, -0.15) is 0 Å². The van der Waals surface area contributed by atoms with Crippen LogP contribution in [0.4, 0.5) is 4.79 Å². The van der Waals surface area contributed by atoms with E-state index in [0.29, 0.717) is 25.9 Å². The average Bonchev–Trinajstić information content (AvgIpc) is 2.73. The van der Waals surface area contributed by atoms with Crippen LogP contribution < -0.4 is 16.0 Å². The molecule has 1 aromatic carbocycles. The molecule has 0 aromatic heterocycles. The lowest BCUT2D eigenvalue weighted by atomic mass is 9.97. The summed E-state index contributed by atoms with van der Waals surface area (Å²) in [6, 6.07) is 8.08. The first kappa shape index (κ1) is 25.6. The van der Waals surface area contributed by atoms with Crippen LogP contribution in [-0.2, 0) is 16.0 Å². The number of rotatable bonds is 11. The highest BCUT2D eigenvalue weighted by molar-refractivity contribution is 5.88. The Morgan fingerprint density at radius 1 is 1.16 bits per heavy atom. The van der Waals surface area contributed by atoms with E-state index in [1.165, 1.54) is 0 Å². The topological polar surface area (TPSA) is 111 Å². The van der Waals surface area contributed by atoms with E-state index in [0.717, 1.165) is 12.0 Å². The molecule has 8 nitrogen and oxygen atoms in total. The van der Waals surface area contributed by atoms with Crippen molar-refractivity contribution in [2.24, 2.45) is 11.8 Å². The summed E-state index contributed by atoms with van der Waals surface area (Å²) in [7, 11) is 0. The first-order valence-corrected chi connectivity index (χ1v) is 11.5. The molecule has 3 atom stereocenters. The van der Waals surface area contributed by atoms with Crippen molar-refractivity contribution in [1.82, 2.24) is 20.9 Å². The fraction of sp³-hybridized carbons (Fsp3) is 0.625. The minimum atomic E-state index is -0.974. The van der Waals surface area contributed by atoms with Crippen molar-refractivity contribution in [2.45, 2.75) is 65.1 Å². The Bertz CT molecular complexity index is 754. The molecule has 8 heteroatoms. The fourth-order valence-electron chi connectivity index (χ4n) is 3.94. The number of carbonyl (C=O) groups excluding carboxylic acids is 3. The van der Waals surface area contributed by atoms with Gasteiger partial charge in [0.1, 0.15) is 6.04 Å². The van der Waals surface area contributed by atoms with Crippen LogP contribution in [0.15, 0.2) is 30.3 Å². The maximum absolute atomic E-state index is 13.3. The first-order valence-electron chi connectivity index (χ1n) is 11.5. The Morgan fingerprint density at radius 3 is 2.44 bits per heavy atom. The van der Waals surface area contributed by atoms with Crippen molar-refractivity contribution >= 4 is 17.8 Å². The van der Waals surface area contributed by atoms with Gasteiger partial charge in [-0.3, -0.25) is 9.59 Å². The first-order chi connectivity index (χ1) is 15.2. The van der Waals surface area contributed by atoms with Crippen LogP contribution in [-0.4, -0.2) is 65.7 Å². The number of amides is 4. The van der Waals surface area contributed by atoms with Gasteiger partial charge in [-0.15, -0.1) is 0 Å². The van der Waals surface area contributed by atoms with Gasteiger partial charge in [-0.05, 0) is 30.2 Å². The summed E-state index contributed by atoms with van der Waals surface area (Å²) in [5.41, 5.74) is 0.960. The lowest BCUT2D eigenvalue weighted by Gasteiger charge is -2.37.